The smallest absolute Gasteiger partial charge is 0.129 e. The van der Waals surface area contributed by atoms with Crippen molar-refractivity contribution in [1.82, 2.24) is 4.98 Å². The summed E-state index contributed by atoms with van der Waals surface area (Å²) in [6, 6.07) is 9.99. The minimum atomic E-state index is 0.117. The Bertz CT molecular complexity index is 557. The van der Waals surface area contributed by atoms with Gasteiger partial charge in [0, 0.05) is 15.7 Å². The fourth-order valence-corrected chi connectivity index (χ4v) is 2.55. The van der Waals surface area contributed by atoms with Gasteiger partial charge in [-0.25, -0.2) is 4.98 Å². The largest absolute Gasteiger partial charge is 0.363 e. The summed E-state index contributed by atoms with van der Waals surface area (Å²) in [5.74, 6) is 0.880. The van der Waals surface area contributed by atoms with Crippen molar-refractivity contribution in [3.8, 4) is 0 Å². The molecule has 0 saturated heterocycles. The molecule has 0 radical (unpaired) electrons. The number of aryl methyl sites for hydroxylation is 1. The quantitative estimate of drug-likeness (QED) is 0.861. The Labute approximate surface area is 121 Å². The first-order valence-corrected chi connectivity index (χ1v) is 6.88. The van der Waals surface area contributed by atoms with E-state index in [9.17, 15) is 0 Å². The van der Waals surface area contributed by atoms with E-state index < -0.39 is 0 Å². The monoisotopic (exact) mass is 324 g/mol. The van der Waals surface area contributed by atoms with Gasteiger partial charge < -0.3 is 5.32 Å². The molecule has 0 saturated carbocycles. The van der Waals surface area contributed by atoms with E-state index in [2.05, 4.69) is 33.2 Å². The fraction of sp³-hybridized carbons (Fsp3) is 0.214. The predicted octanol–water partition coefficient (Wildman–Crippen LogP) is 4.98. The summed E-state index contributed by atoms with van der Waals surface area (Å²) in [5.41, 5.74) is 2.17. The van der Waals surface area contributed by atoms with Gasteiger partial charge in [-0.05, 0) is 53.0 Å². The van der Waals surface area contributed by atoms with E-state index in [1.54, 1.807) is 6.20 Å². The summed E-state index contributed by atoms with van der Waals surface area (Å²) in [7, 11) is 0. The van der Waals surface area contributed by atoms with Crippen LogP contribution in [0.15, 0.2) is 41.0 Å². The normalized spacial score (nSPS) is 12.2. The van der Waals surface area contributed by atoms with Crippen molar-refractivity contribution < 1.29 is 0 Å². The third-order valence-electron chi connectivity index (χ3n) is 2.77. The standard InChI is InChI=1S/C14H14BrClN2/c1-9-7-11(15)8-17-14(9)18-10(2)12-5-3-4-6-13(12)16/h3-8,10H,1-2H3,(H,17,18). The number of aromatic nitrogens is 1. The molecule has 0 aliphatic carbocycles. The van der Waals surface area contributed by atoms with Gasteiger partial charge in [0.25, 0.3) is 0 Å². The molecule has 1 heterocycles. The molecule has 1 unspecified atom stereocenters. The molecule has 2 rings (SSSR count). The lowest BCUT2D eigenvalue weighted by atomic mass is 10.1. The average molecular weight is 326 g/mol. The first-order chi connectivity index (χ1) is 8.58. The highest BCUT2D eigenvalue weighted by Crippen LogP contribution is 2.26. The lowest BCUT2D eigenvalue weighted by Gasteiger charge is -2.17. The molecule has 0 amide bonds. The maximum atomic E-state index is 6.18. The summed E-state index contributed by atoms with van der Waals surface area (Å²) in [6.45, 7) is 4.10. The van der Waals surface area contributed by atoms with Crippen LogP contribution in [0.25, 0.3) is 0 Å². The Kier molecular flexibility index (Phi) is 4.25. The Morgan fingerprint density at radius 1 is 1.33 bits per heavy atom. The van der Waals surface area contributed by atoms with Gasteiger partial charge in [0.1, 0.15) is 5.82 Å². The van der Waals surface area contributed by atoms with Crippen LogP contribution in [0.3, 0.4) is 0 Å². The highest BCUT2D eigenvalue weighted by molar-refractivity contribution is 9.10. The number of halogens is 2. The first-order valence-electron chi connectivity index (χ1n) is 5.71. The summed E-state index contributed by atoms with van der Waals surface area (Å²) in [4.78, 5) is 4.37. The molecule has 18 heavy (non-hydrogen) atoms. The van der Waals surface area contributed by atoms with Gasteiger partial charge in [0.05, 0.1) is 6.04 Å². The molecule has 1 N–H and O–H groups in total. The van der Waals surface area contributed by atoms with E-state index >= 15 is 0 Å². The molecule has 94 valence electrons. The van der Waals surface area contributed by atoms with Gasteiger partial charge in [-0.1, -0.05) is 29.8 Å². The second-order valence-corrected chi connectivity index (χ2v) is 5.53. The van der Waals surface area contributed by atoms with Crippen LogP contribution in [0.4, 0.5) is 5.82 Å². The van der Waals surface area contributed by atoms with Crippen LogP contribution in [0, 0.1) is 6.92 Å². The minimum absolute atomic E-state index is 0.117. The number of nitrogens with one attached hydrogen (secondary N) is 1. The van der Waals surface area contributed by atoms with E-state index in [4.69, 9.17) is 11.6 Å². The zero-order valence-electron chi connectivity index (χ0n) is 10.2. The maximum Gasteiger partial charge on any atom is 0.129 e. The number of nitrogens with zero attached hydrogens (tertiary/aromatic N) is 1. The van der Waals surface area contributed by atoms with Crippen molar-refractivity contribution in [2.45, 2.75) is 19.9 Å². The highest BCUT2D eigenvalue weighted by atomic mass is 79.9. The van der Waals surface area contributed by atoms with Crippen molar-refractivity contribution in [3.63, 3.8) is 0 Å². The second kappa shape index (κ2) is 5.72. The van der Waals surface area contributed by atoms with E-state index in [0.717, 1.165) is 26.4 Å². The first kappa shape index (κ1) is 13.4. The van der Waals surface area contributed by atoms with Gasteiger partial charge >= 0.3 is 0 Å². The molecule has 0 bridgehead atoms. The van der Waals surface area contributed by atoms with Gasteiger partial charge in [0.2, 0.25) is 0 Å². The topological polar surface area (TPSA) is 24.9 Å². The third-order valence-corrected chi connectivity index (χ3v) is 3.55. The molecule has 1 aromatic carbocycles. The molecule has 2 aromatic rings. The van der Waals surface area contributed by atoms with Crippen molar-refractivity contribution in [2.75, 3.05) is 5.32 Å². The lowest BCUT2D eigenvalue weighted by molar-refractivity contribution is 0.871. The Balaban J connectivity index is 2.21. The van der Waals surface area contributed by atoms with Gasteiger partial charge in [-0.2, -0.15) is 0 Å². The SMILES string of the molecule is Cc1cc(Br)cnc1NC(C)c1ccccc1Cl. The number of pyridine rings is 1. The molecule has 1 aromatic heterocycles. The molecular weight excluding hydrogens is 312 g/mol. The van der Waals surface area contributed by atoms with Crippen LogP contribution < -0.4 is 5.32 Å². The highest BCUT2D eigenvalue weighted by Gasteiger charge is 2.10. The van der Waals surface area contributed by atoms with Gasteiger partial charge in [-0.3, -0.25) is 0 Å². The van der Waals surface area contributed by atoms with Crippen LogP contribution in [-0.4, -0.2) is 4.98 Å². The molecule has 4 heteroatoms. The summed E-state index contributed by atoms with van der Waals surface area (Å²) < 4.78 is 0.982. The Morgan fingerprint density at radius 2 is 2.06 bits per heavy atom. The minimum Gasteiger partial charge on any atom is -0.363 e. The Hall–Kier alpha value is -1.06. The molecule has 0 aliphatic heterocycles. The van der Waals surface area contributed by atoms with Crippen molar-refractivity contribution in [1.29, 1.82) is 0 Å². The summed E-state index contributed by atoms with van der Waals surface area (Å²) >= 11 is 9.59. The number of benzene rings is 1. The van der Waals surface area contributed by atoms with Crippen LogP contribution in [-0.2, 0) is 0 Å². The van der Waals surface area contributed by atoms with Crippen LogP contribution >= 0.6 is 27.5 Å². The zero-order chi connectivity index (χ0) is 13.1. The zero-order valence-corrected chi connectivity index (χ0v) is 12.6. The Morgan fingerprint density at radius 3 is 2.72 bits per heavy atom. The molecule has 2 nitrogen and oxygen atoms in total. The van der Waals surface area contributed by atoms with Gasteiger partial charge in [-0.15, -0.1) is 0 Å². The summed E-state index contributed by atoms with van der Waals surface area (Å²) in [5, 5.41) is 4.15. The van der Waals surface area contributed by atoms with Crippen molar-refractivity contribution in [3.05, 3.63) is 57.2 Å². The summed E-state index contributed by atoms with van der Waals surface area (Å²) in [6.07, 6.45) is 1.79. The lowest BCUT2D eigenvalue weighted by Crippen LogP contribution is -2.09. The molecule has 0 aliphatic rings. The van der Waals surface area contributed by atoms with E-state index in [-0.39, 0.29) is 6.04 Å². The number of hydrogen-bond acceptors (Lipinski definition) is 2. The van der Waals surface area contributed by atoms with E-state index in [1.165, 1.54) is 0 Å². The maximum absolute atomic E-state index is 6.18. The van der Waals surface area contributed by atoms with Crippen molar-refractivity contribution in [2.24, 2.45) is 0 Å². The second-order valence-electron chi connectivity index (χ2n) is 4.21. The average Bonchev–Trinajstić information content (AvgIpc) is 2.33. The van der Waals surface area contributed by atoms with Gasteiger partial charge in [0.15, 0.2) is 0 Å². The molecule has 0 fully saturated rings. The number of hydrogen-bond donors (Lipinski definition) is 1. The number of anilines is 1. The third kappa shape index (κ3) is 3.03. The van der Waals surface area contributed by atoms with E-state index in [1.807, 2.05) is 37.3 Å². The molecular formula is C14H14BrClN2. The molecule has 0 spiro atoms. The van der Waals surface area contributed by atoms with Crippen LogP contribution in [0.1, 0.15) is 24.1 Å². The predicted molar refractivity (Wildman–Crippen MR) is 80.2 cm³/mol. The van der Waals surface area contributed by atoms with E-state index in [0.29, 0.717) is 0 Å². The fourth-order valence-electron chi connectivity index (χ4n) is 1.80. The van der Waals surface area contributed by atoms with Crippen LogP contribution in [0.2, 0.25) is 5.02 Å². The van der Waals surface area contributed by atoms with Crippen LogP contribution in [0.5, 0.6) is 0 Å². The molecule has 1 atom stereocenters. The van der Waals surface area contributed by atoms with Crippen molar-refractivity contribution >= 4 is 33.3 Å². The number of rotatable bonds is 3.